The molecule has 0 aliphatic heterocycles. The van der Waals surface area contributed by atoms with Gasteiger partial charge < -0.3 is 27.2 Å². The number of nitrogen functional groups attached to an aromatic ring is 2. The van der Waals surface area contributed by atoms with Crippen LogP contribution in [0.15, 0.2) is 394 Å². The Bertz CT molecular complexity index is 7690. The van der Waals surface area contributed by atoms with Crippen molar-refractivity contribution in [3.8, 4) is 33.8 Å². The number of amides is 1. The molecule has 7 N–H and O–H groups in total. The van der Waals surface area contributed by atoms with Crippen LogP contribution in [0.1, 0.15) is 115 Å². The standard InChI is InChI=1S/C33H22N2O2S.C32H22N2O4S.C22H16N2O2.C14H10N2O.C7H6N2.CH4.B/c1-21(36)34-30-25-17-9-10-18-26(25)35(33(37)23-14-6-3-7-15-23)32(30)29(22-12-4-2-5-13-22)31(34)28-20-24-16-8-11-19-27(24)38-28;35-30(20-11-3-1-4-12-20)29-27(33-28(32(37)38)26-19-22-15-7-10-18-25(22)39-26)23-16-8-9-17-24(23)34(29)31(36)21-13-5-2-6-14-21;23-19-17-13-7-8-14-18(17)24(22(26)16-11-5-2-6-12-16)20(19)21(25)15-9-3-1-4-10-15;15-10-12-8-4-5-9-13(12)16-14(17)11-6-2-1-3-7-11;8-5-6-3-1-2-4-7(6)9;;/h2-20H,1H3;1-19,28,33H,(H,37,38);1-14H,23H2;1-9H,(H,16,17);1-4H,9H2;1H4;. The predicted octanol–water partition coefficient (Wildman–Crippen LogP) is 23.9. The van der Waals surface area contributed by atoms with Crippen LogP contribution in [0, 0.1) is 22.7 Å². The van der Waals surface area contributed by atoms with Gasteiger partial charge in [0.25, 0.3) is 23.6 Å². The van der Waals surface area contributed by atoms with Gasteiger partial charge in [-0.1, -0.05) is 286 Å². The smallest absolute Gasteiger partial charge is 0.331 e. The maximum absolute atomic E-state index is 14.2. The number of para-hydroxylation sites is 5. The third kappa shape index (κ3) is 18.7. The minimum atomic E-state index is -1.14. The third-order valence-electron chi connectivity index (χ3n) is 21.4. The number of hydrogen-bond acceptors (Lipinski definition) is 15. The highest BCUT2D eigenvalue weighted by Crippen LogP contribution is 2.49. The number of nitrogens with one attached hydrogen (secondary N) is 2. The Morgan fingerprint density at radius 3 is 1.27 bits per heavy atom. The Balaban J connectivity index is 0.000000140. The number of carboxylic acids is 1. The van der Waals surface area contributed by atoms with Crippen LogP contribution in [0.2, 0.25) is 0 Å². The molecule has 20 aromatic rings. The lowest BCUT2D eigenvalue weighted by Crippen LogP contribution is -2.23. The average molecular weight is 1750 g/mol. The summed E-state index contributed by atoms with van der Waals surface area (Å²) in [5.74, 6) is -2.86. The van der Waals surface area contributed by atoms with E-state index in [0.29, 0.717) is 93.9 Å². The molecule has 635 valence electrons. The average Bonchev–Trinajstić information content (AvgIpc) is 1.53. The molecule has 20 rings (SSSR count). The van der Waals surface area contributed by atoms with E-state index in [1.165, 1.54) is 20.5 Å². The molecule has 0 aliphatic rings. The van der Waals surface area contributed by atoms with Gasteiger partial charge in [-0.25, -0.2) is 4.79 Å². The molecule has 14 aromatic carbocycles. The molecule has 0 saturated carbocycles. The summed E-state index contributed by atoms with van der Waals surface area (Å²) in [5.41, 5.74) is 23.7. The number of carbonyl (C=O) groups is 8. The van der Waals surface area contributed by atoms with Gasteiger partial charge in [-0.3, -0.25) is 51.8 Å². The lowest BCUT2D eigenvalue weighted by Gasteiger charge is -2.16. The molecular formula is C109H80BN10O9S2. The minimum absolute atomic E-state index is 0. The van der Waals surface area contributed by atoms with Gasteiger partial charge in [0.2, 0.25) is 17.5 Å². The first-order valence-corrected chi connectivity index (χ1v) is 42.5. The number of benzene rings is 14. The number of aliphatic carboxylic acids is 1. The predicted molar refractivity (Wildman–Crippen MR) is 526 cm³/mol. The number of nitrogens with two attached hydrogens (primary N) is 2. The molecule has 6 heterocycles. The van der Waals surface area contributed by atoms with Gasteiger partial charge in [-0.15, -0.1) is 22.7 Å². The quantitative estimate of drug-likeness (QED) is 0.0362. The Labute approximate surface area is 763 Å². The number of rotatable bonds is 15. The van der Waals surface area contributed by atoms with E-state index in [0.717, 1.165) is 63.8 Å². The van der Waals surface area contributed by atoms with Crippen molar-refractivity contribution in [2.45, 2.75) is 20.4 Å². The van der Waals surface area contributed by atoms with Crippen molar-refractivity contribution in [2.24, 2.45) is 0 Å². The number of nitriles is 2. The van der Waals surface area contributed by atoms with E-state index in [-0.39, 0.29) is 68.3 Å². The second kappa shape index (κ2) is 40.7. The first kappa shape index (κ1) is 89.8. The van der Waals surface area contributed by atoms with E-state index in [9.17, 15) is 43.5 Å². The second-order valence-electron chi connectivity index (χ2n) is 29.5. The fraction of sp³-hybridized carbons (Fsp3) is 0.0275. The van der Waals surface area contributed by atoms with Gasteiger partial charge in [0.15, 0.2) is 6.04 Å². The fourth-order valence-electron chi connectivity index (χ4n) is 15.5. The molecular weight excluding hydrogens is 1670 g/mol. The summed E-state index contributed by atoms with van der Waals surface area (Å²) in [6, 6.07) is 122. The summed E-state index contributed by atoms with van der Waals surface area (Å²) in [6.07, 6.45) is 0. The van der Waals surface area contributed by atoms with Crippen LogP contribution in [0.4, 0.5) is 22.7 Å². The van der Waals surface area contributed by atoms with Crippen LogP contribution in [0.3, 0.4) is 0 Å². The molecule has 22 heteroatoms. The maximum atomic E-state index is 14.2. The van der Waals surface area contributed by atoms with Crippen molar-refractivity contribution in [1.29, 1.82) is 10.5 Å². The summed E-state index contributed by atoms with van der Waals surface area (Å²) < 4.78 is 8.53. The van der Waals surface area contributed by atoms with Crippen LogP contribution in [-0.2, 0) is 4.79 Å². The van der Waals surface area contributed by atoms with E-state index in [4.69, 9.17) is 22.0 Å². The summed E-state index contributed by atoms with van der Waals surface area (Å²) >= 11 is 3.04. The third-order valence-corrected chi connectivity index (χ3v) is 23.7. The van der Waals surface area contributed by atoms with E-state index < -0.39 is 12.0 Å². The molecule has 1 amide bonds. The van der Waals surface area contributed by atoms with Crippen molar-refractivity contribution in [2.75, 3.05) is 22.1 Å². The van der Waals surface area contributed by atoms with Crippen LogP contribution < -0.4 is 22.1 Å². The zero-order valence-electron chi connectivity index (χ0n) is 69.6. The van der Waals surface area contributed by atoms with Crippen molar-refractivity contribution >= 4 is 165 Å². The highest BCUT2D eigenvalue weighted by Gasteiger charge is 2.35. The van der Waals surface area contributed by atoms with Gasteiger partial charge >= 0.3 is 5.97 Å². The van der Waals surface area contributed by atoms with Gasteiger partial charge in [0.1, 0.15) is 23.5 Å². The summed E-state index contributed by atoms with van der Waals surface area (Å²) in [4.78, 5) is 108. The van der Waals surface area contributed by atoms with Crippen LogP contribution >= 0.6 is 22.7 Å². The molecule has 0 saturated heterocycles. The maximum Gasteiger partial charge on any atom is 0.331 e. The first-order chi connectivity index (χ1) is 63.0. The molecule has 6 aromatic heterocycles. The zero-order valence-corrected chi connectivity index (χ0v) is 71.2. The number of ketones is 2. The summed E-state index contributed by atoms with van der Waals surface area (Å²) in [6.45, 7) is 1.59. The molecule has 1 unspecified atom stereocenters. The summed E-state index contributed by atoms with van der Waals surface area (Å²) in [5, 5.41) is 37.7. The zero-order chi connectivity index (χ0) is 89.6. The van der Waals surface area contributed by atoms with Crippen molar-refractivity contribution in [3.05, 3.63) is 455 Å². The van der Waals surface area contributed by atoms with Crippen molar-refractivity contribution in [1.82, 2.24) is 18.3 Å². The molecule has 0 spiro atoms. The van der Waals surface area contributed by atoms with Crippen molar-refractivity contribution in [3.63, 3.8) is 0 Å². The SMILES string of the molecule is C.CC(=O)n1c(-c2cc3ccccc3s2)c(-c2ccccc2)c2c1c1ccccc1n2C(=O)c1ccccc1.N#Cc1ccccc1N.N#Cc1ccccc1NC(=O)c1ccccc1.Nc1c(C(=O)c2ccccc2)n(C(=O)c2ccccc2)c2ccccc12.O=C(c1ccccc1)c1c(NC(C(=O)O)c2cc3ccccc3s2)c2ccccc2n1C(=O)c1ccccc1.[B]. The second-order valence-corrected chi connectivity index (χ2v) is 31.7. The Kier molecular flexibility index (Phi) is 27.9. The fourth-order valence-corrected chi connectivity index (χ4v) is 17.7. The monoisotopic (exact) mass is 1750 g/mol. The number of nitrogens with zero attached hydrogens (tertiary/aromatic N) is 6. The molecule has 131 heavy (non-hydrogen) atoms. The van der Waals surface area contributed by atoms with E-state index >= 15 is 0 Å². The Morgan fingerprint density at radius 1 is 0.389 bits per heavy atom. The van der Waals surface area contributed by atoms with Crippen LogP contribution in [-0.4, -0.2) is 78.9 Å². The first-order valence-electron chi connectivity index (χ1n) is 40.8. The number of fused-ring (bicyclic) bond motifs is 7. The lowest BCUT2D eigenvalue weighted by atomic mass is 10.0. The Hall–Kier alpha value is -17.4. The number of hydrogen-bond donors (Lipinski definition) is 5. The normalized spacial score (nSPS) is 10.8. The number of carbonyl (C=O) groups excluding carboxylic acids is 7. The largest absolute Gasteiger partial charge is 0.479 e. The van der Waals surface area contributed by atoms with E-state index in [1.54, 1.807) is 228 Å². The molecule has 0 fully saturated rings. The summed E-state index contributed by atoms with van der Waals surface area (Å²) in [7, 11) is 0. The lowest BCUT2D eigenvalue weighted by molar-refractivity contribution is -0.138. The molecule has 1 atom stereocenters. The molecule has 0 aliphatic carbocycles. The minimum Gasteiger partial charge on any atom is -0.479 e. The van der Waals surface area contributed by atoms with E-state index in [1.807, 2.05) is 188 Å². The Morgan fingerprint density at radius 2 is 0.779 bits per heavy atom. The van der Waals surface area contributed by atoms with Gasteiger partial charge in [0, 0.05) is 90.4 Å². The van der Waals surface area contributed by atoms with Gasteiger partial charge in [-0.2, -0.15) is 10.5 Å². The molecule has 3 radical (unpaired) electrons. The number of thiophene rings is 2. The highest BCUT2D eigenvalue weighted by atomic mass is 32.1. The number of carboxylic acid groups (broad SMARTS) is 1. The number of anilines is 4. The van der Waals surface area contributed by atoms with Crippen molar-refractivity contribution < 1.29 is 43.5 Å². The van der Waals surface area contributed by atoms with Gasteiger partial charge in [0.05, 0.1) is 66.3 Å². The topological polar surface area (TPSA) is 300 Å². The van der Waals surface area contributed by atoms with Gasteiger partial charge in [-0.05, 0) is 132 Å². The highest BCUT2D eigenvalue weighted by molar-refractivity contribution is 7.22. The van der Waals surface area contributed by atoms with E-state index in [2.05, 4.69) is 28.8 Å². The number of aromatic nitrogens is 4. The molecule has 0 bridgehead atoms. The molecule has 19 nitrogen and oxygen atoms in total. The van der Waals surface area contributed by atoms with Crippen LogP contribution in [0.5, 0.6) is 0 Å². The van der Waals surface area contributed by atoms with Crippen LogP contribution in [0.25, 0.3) is 85.6 Å².